The van der Waals surface area contributed by atoms with Crippen LogP contribution in [0.25, 0.3) is 11.3 Å². The smallest absolute Gasteiger partial charge is 0.310 e. The third-order valence-electron chi connectivity index (χ3n) is 8.59. The lowest BCUT2D eigenvalue weighted by Gasteiger charge is -2.32. The Morgan fingerprint density at radius 2 is 1.92 bits per heavy atom. The highest BCUT2D eigenvalue weighted by Gasteiger charge is 2.52. The van der Waals surface area contributed by atoms with E-state index in [0.717, 1.165) is 60.2 Å². The number of carboxylic acids is 1. The molecule has 1 amide bonds. The van der Waals surface area contributed by atoms with Crippen LogP contribution in [0.15, 0.2) is 40.9 Å². The normalized spacial score (nSPS) is 25.8. The molecule has 1 N–H and O–H groups in total. The number of benzene rings is 2. The summed E-state index contributed by atoms with van der Waals surface area (Å²) in [5.74, 6) is -0.229. The molecule has 7 nitrogen and oxygen atoms in total. The number of hydrogen-bond acceptors (Lipinski definition) is 5. The van der Waals surface area contributed by atoms with Crippen LogP contribution in [0.1, 0.15) is 66.4 Å². The van der Waals surface area contributed by atoms with Crippen molar-refractivity contribution in [2.24, 2.45) is 5.92 Å². The van der Waals surface area contributed by atoms with E-state index in [1.165, 1.54) is 0 Å². The summed E-state index contributed by atoms with van der Waals surface area (Å²) in [6.45, 7) is 0.281. The minimum absolute atomic E-state index is 0.0649. The van der Waals surface area contributed by atoms with Gasteiger partial charge in [0.1, 0.15) is 11.5 Å². The van der Waals surface area contributed by atoms with Crippen molar-refractivity contribution in [2.75, 3.05) is 4.90 Å². The summed E-state index contributed by atoms with van der Waals surface area (Å²) < 4.78 is 12.2. The van der Waals surface area contributed by atoms with Gasteiger partial charge in [-0.1, -0.05) is 40.5 Å². The van der Waals surface area contributed by atoms with E-state index in [1.54, 1.807) is 18.2 Å². The standard InChI is InChI=1S/C29H26Cl2N2O5/c30-22-2-1-3-23(31)25(22)26-21(27(38-32-26)14-4-5-14)13-37-24-12-17-11-20(24)28(34)33(17)16-7-9-18-15(10-16)6-8-19(18)29(35)36/h1-3,7,9-10,14,17,19-20,24H,4-6,8,11-13H2,(H,35,36). The molecule has 196 valence electrons. The van der Waals surface area contributed by atoms with Crippen molar-refractivity contribution < 1.29 is 24.0 Å². The van der Waals surface area contributed by atoms with E-state index in [1.807, 2.05) is 23.1 Å². The number of carbonyl (C=O) groups excluding carboxylic acids is 1. The number of halogens is 2. The van der Waals surface area contributed by atoms with Crippen LogP contribution in [0, 0.1) is 5.92 Å². The number of aromatic nitrogens is 1. The number of fused-ring (bicyclic) bond motifs is 3. The van der Waals surface area contributed by atoms with Gasteiger partial charge >= 0.3 is 5.97 Å². The van der Waals surface area contributed by atoms with Crippen LogP contribution in [0.5, 0.6) is 0 Å². The zero-order chi connectivity index (χ0) is 26.1. The van der Waals surface area contributed by atoms with Crippen molar-refractivity contribution in [2.45, 2.75) is 69.1 Å². The van der Waals surface area contributed by atoms with Gasteiger partial charge in [-0.3, -0.25) is 9.59 Å². The number of aryl methyl sites for hydroxylation is 1. The van der Waals surface area contributed by atoms with Gasteiger partial charge in [-0.15, -0.1) is 0 Å². The summed E-state index contributed by atoms with van der Waals surface area (Å²) in [7, 11) is 0. The fraction of sp³-hybridized carbons (Fsp3) is 0.414. The first kappa shape index (κ1) is 24.2. The molecule has 2 aromatic carbocycles. The minimum Gasteiger partial charge on any atom is -0.481 e. The van der Waals surface area contributed by atoms with Gasteiger partial charge in [-0.05, 0) is 73.9 Å². The molecule has 1 aliphatic heterocycles. The second-order valence-electron chi connectivity index (χ2n) is 10.8. The largest absolute Gasteiger partial charge is 0.481 e. The molecule has 3 fully saturated rings. The number of nitrogens with zero attached hydrogens (tertiary/aromatic N) is 2. The Morgan fingerprint density at radius 3 is 2.63 bits per heavy atom. The monoisotopic (exact) mass is 552 g/mol. The zero-order valence-electron chi connectivity index (χ0n) is 20.5. The first-order chi connectivity index (χ1) is 18.4. The number of carboxylic acid groups (broad SMARTS) is 1. The van der Waals surface area contributed by atoms with Crippen LogP contribution in [-0.2, 0) is 27.4 Å². The number of rotatable bonds is 7. The number of ether oxygens (including phenoxy) is 1. The zero-order valence-corrected chi connectivity index (χ0v) is 22.0. The summed E-state index contributed by atoms with van der Waals surface area (Å²) in [6, 6.07) is 11.2. The van der Waals surface area contributed by atoms with E-state index in [2.05, 4.69) is 5.16 Å². The minimum atomic E-state index is -0.787. The molecule has 2 heterocycles. The van der Waals surface area contributed by atoms with E-state index < -0.39 is 11.9 Å². The van der Waals surface area contributed by atoms with Gasteiger partial charge in [0, 0.05) is 28.8 Å². The Kier molecular flexibility index (Phi) is 5.80. The second kappa shape index (κ2) is 9.11. The molecule has 4 aliphatic rings. The first-order valence-electron chi connectivity index (χ1n) is 13.1. The van der Waals surface area contributed by atoms with E-state index in [-0.39, 0.29) is 30.6 Å². The highest BCUT2D eigenvalue weighted by Crippen LogP contribution is 2.48. The topological polar surface area (TPSA) is 92.9 Å². The average molecular weight is 553 g/mol. The number of aliphatic carboxylic acids is 1. The molecule has 2 saturated carbocycles. The SMILES string of the molecule is O=C(O)C1CCc2cc(N3C(=O)C4CC3CC4OCc3c(-c4c(Cl)cccc4Cl)noc3C3CC3)ccc21. The molecule has 9 heteroatoms. The van der Waals surface area contributed by atoms with Gasteiger partial charge in [0.05, 0.1) is 34.6 Å². The van der Waals surface area contributed by atoms with Crippen LogP contribution in [0.2, 0.25) is 10.0 Å². The summed E-state index contributed by atoms with van der Waals surface area (Å²) in [5.41, 5.74) is 4.87. The van der Waals surface area contributed by atoms with Gasteiger partial charge in [0.15, 0.2) is 0 Å². The Hall–Kier alpha value is -2.87. The maximum atomic E-state index is 13.5. The van der Waals surface area contributed by atoms with E-state index in [0.29, 0.717) is 33.6 Å². The lowest BCUT2D eigenvalue weighted by atomic mass is 10.00. The average Bonchev–Trinajstić information content (AvgIpc) is 3.21. The quantitative estimate of drug-likeness (QED) is 0.367. The predicted octanol–water partition coefficient (Wildman–Crippen LogP) is 6.35. The Morgan fingerprint density at radius 1 is 1.13 bits per heavy atom. The Balaban J connectivity index is 1.10. The molecule has 0 spiro atoms. The Labute approximate surface area is 229 Å². The van der Waals surface area contributed by atoms with Crippen LogP contribution >= 0.6 is 23.2 Å². The number of piperidine rings is 1. The van der Waals surface area contributed by atoms with E-state index >= 15 is 0 Å². The maximum Gasteiger partial charge on any atom is 0.310 e. The fourth-order valence-electron chi connectivity index (χ4n) is 6.57. The number of anilines is 1. The van der Waals surface area contributed by atoms with Gasteiger partial charge < -0.3 is 19.3 Å². The third kappa shape index (κ3) is 3.86. The lowest BCUT2D eigenvalue weighted by molar-refractivity contribution is -0.138. The third-order valence-corrected chi connectivity index (χ3v) is 9.22. The van der Waals surface area contributed by atoms with Crippen molar-refractivity contribution in [3.05, 3.63) is 68.9 Å². The molecule has 1 aromatic heterocycles. The van der Waals surface area contributed by atoms with Gasteiger partial charge in [0.2, 0.25) is 5.91 Å². The Bertz CT molecular complexity index is 1440. The molecular weight excluding hydrogens is 527 g/mol. The molecular formula is C29H26Cl2N2O5. The van der Waals surface area contributed by atoms with Crippen LogP contribution in [0.3, 0.4) is 0 Å². The predicted molar refractivity (Wildman–Crippen MR) is 142 cm³/mol. The van der Waals surface area contributed by atoms with Crippen molar-refractivity contribution in [3.8, 4) is 11.3 Å². The van der Waals surface area contributed by atoms with Gasteiger partial charge in [-0.25, -0.2) is 0 Å². The fourth-order valence-corrected chi connectivity index (χ4v) is 7.15. The van der Waals surface area contributed by atoms with Crippen molar-refractivity contribution >= 4 is 40.8 Å². The summed E-state index contributed by atoms with van der Waals surface area (Å²) in [5, 5.41) is 14.8. The molecule has 3 aromatic rings. The van der Waals surface area contributed by atoms with Crippen LogP contribution in [0.4, 0.5) is 5.69 Å². The number of carbonyl (C=O) groups is 2. The molecule has 1 saturated heterocycles. The highest BCUT2D eigenvalue weighted by molar-refractivity contribution is 6.39. The molecule has 2 bridgehead atoms. The lowest BCUT2D eigenvalue weighted by Crippen LogP contribution is -2.43. The molecule has 4 atom stereocenters. The molecule has 4 unspecified atom stereocenters. The van der Waals surface area contributed by atoms with Crippen molar-refractivity contribution in [1.82, 2.24) is 5.16 Å². The molecule has 0 radical (unpaired) electrons. The maximum absolute atomic E-state index is 13.5. The van der Waals surface area contributed by atoms with Crippen molar-refractivity contribution in [1.29, 1.82) is 0 Å². The summed E-state index contributed by atoms with van der Waals surface area (Å²) >= 11 is 13.0. The molecule has 38 heavy (non-hydrogen) atoms. The summed E-state index contributed by atoms with van der Waals surface area (Å²) in [4.78, 5) is 26.9. The second-order valence-corrected chi connectivity index (χ2v) is 11.7. The van der Waals surface area contributed by atoms with E-state index in [4.69, 9.17) is 32.5 Å². The summed E-state index contributed by atoms with van der Waals surface area (Å²) in [6.07, 6.45) is 4.74. The van der Waals surface area contributed by atoms with Crippen LogP contribution < -0.4 is 4.90 Å². The first-order valence-corrected chi connectivity index (χ1v) is 13.9. The van der Waals surface area contributed by atoms with Gasteiger partial charge in [0.25, 0.3) is 0 Å². The molecule has 7 rings (SSSR count). The number of amides is 1. The number of hydrogen-bond donors (Lipinski definition) is 1. The van der Waals surface area contributed by atoms with Gasteiger partial charge in [-0.2, -0.15) is 0 Å². The molecule has 3 aliphatic carbocycles. The van der Waals surface area contributed by atoms with Crippen molar-refractivity contribution in [3.63, 3.8) is 0 Å². The van der Waals surface area contributed by atoms with Crippen LogP contribution in [-0.4, -0.2) is 34.3 Å². The highest BCUT2D eigenvalue weighted by atomic mass is 35.5. The van der Waals surface area contributed by atoms with E-state index in [9.17, 15) is 14.7 Å².